The van der Waals surface area contributed by atoms with Gasteiger partial charge in [0.1, 0.15) is 5.82 Å². The van der Waals surface area contributed by atoms with Gasteiger partial charge in [-0.3, -0.25) is 4.90 Å². The number of nitrogens with zero attached hydrogens (tertiary/aromatic N) is 4. The highest BCUT2D eigenvalue weighted by atomic mass is 19.4. The first-order valence-electron chi connectivity index (χ1n) is 7.42. The fraction of sp³-hybridized carbons (Fsp3) is 0.846. The van der Waals surface area contributed by atoms with Crippen molar-refractivity contribution in [2.75, 3.05) is 13.1 Å². The van der Waals surface area contributed by atoms with Crippen molar-refractivity contribution >= 4 is 0 Å². The number of fused-ring (bicyclic) bond motifs is 1. The van der Waals surface area contributed by atoms with Crippen LogP contribution in [0.25, 0.3) is 0 Å². The molecule has 2 atom stereocenters. The molecular weight excluding hydrogens is 283 g/mol. The maximum atomic E-state index is 12.8. The molecule has 1 aromatic rings. The summed E-state index contributed by atoms with van der Waals surface area (Å²) in [4.78, 5) is 2.15. The molecule has 0 radical (unpaired) electrons. The Morgan fingerprint density at radius 1 is 1.19 bits per heavy atom. The third-order valence-electron chi connectivity index (χ3n) is 4.62. The molecule has 0 amide bonds. The van der Waals surface area contributed by atoms with Gasteiger partial charge in [-0.2, -0.15) is 13.2 Å². The molecule has 1 aliphatic heterocycles. The van der Waals surface area contributed by atoms with E-state index < -0.39 is 12.0 Å². The molecule has 1 aliphatic carbocycles. The Morgan fingerprint density at radius 3 is 2.67 bits per heavy atom. The second kappa shape index (κ2) is 5.57. The first kappa shape index (κ1) is 14.8. The molecular formula is C13H20F3N5. The molecule has 1 saturated carbocycles. The van der Waals surface area contributed by atoms with E-state index in [-0.39, 0.29) is 6.04 Å². The Bertz CT molecular complexity index is 498. The van der Waals surface area contributed by atoms with E-state index in [1.807, 2.05) is 0 Å². The summed E-state index contributed by atoms with van der Waals surface area (Å²) in [6.07, 6.45) is 0.0396. The first-order chi connectivity index (χ1) is 9.95. The lowest BCUT2D eigenvalue weighted by molar-refractivity contribution is -0.148. The van der Waals surface area contributed by atoms with Gasteiger partial charge in [-0.1, -0.05) is 6.42 Å². The predicted octanol–water partition coefficient (Wildman–Crippen LogP) is 1.63. The minimum Gasteiger partial charge on any atom is -0.327 e. The van der Waals surface area contributed by atoms with Crippen molar-refractivity contribution in [2.45, 2.75) is 51.0 Å². The third-order valence-corrected chi connectivity index (χ3v) is 4.62. The maximum Gasteiger partial charge on any atom is 0.451 e. The zero-order valence-electron chi connectivity index (χ0n) is 11.8. The molecule has 0 bridgehead atoms. The van der Waals surface area contributed by atoms with Crippen LogP contribution < -0.4 is 5.73 Å². The molecule has 0 spiro atoms. The van der Waals surface area contributed by atoms with Gasteiger partial charge in [-0.25, -0.2) is 0 Å². The minimum absolute atomic E-state index is 0.287. The van der Waals surface area contributed by atoms with E-state index in [0.717, 1.165) is 19.4 Å². The Labute approximate surface area is 121 Å². The van der Waals surface area contributed by atoms with Gasteiger partial charge in [0, 0.05) is 19.1 Å². The topological polar surface area (TPSA) is 60.0 Å². The summed E-state index contributed by atoms with van der Waals surface area (Å²) in [5.74, 6) is 0.0785. The Hall–Kier alpha value is -1.15. The summed E-state index contributed by atoms with van der Waals surface area (Å²) < 4.78 is 39.4. The van der Waals surface area contributed by atoms with Crippen LogP contribution in [0.5, 0.6) is 0 Å². The smallest absolute Gasteiger partial charge is 0.327 e. The van der Waals surface area contributed by atoms with Crippen LogP contribution in [0.3, 0.4) is 0 Å². The van der Waals surface area contributed by atoms with Crippen LogP contribution in [-0.2, 0) is 19.3 Å². The van der Waals surface area contributed by atoms with E-state index in [4.69, 9.17) is 5.73 Å². The zero-order chi connectivity index (χ0) is 15.0. The lowest BCUT2D eigenvalue weighted by Gasteiger charge is -2.29. The molecule has 0 saturated heterocycles. The van der Waals surface area contributed by atoms with Gasteiger partial charge in [0.2, 0.25) is 5.82 Å². The zero-order valence-corrected chi connectivity index (χ0v) is 11.8. The van der Waals surface area contributed by atoms with Gasteiger partial charge < -0.3 is 10.3 Å². The minimum atomic E-state index is -4.43. The highest BCUT2D eigenvalue weighted by Gasteiger charge is 2.39. The molecule has 118 valence electrons. The van der Waals surface area contributed by atoms with Crippen LogP contribution in [-0.4, -0.2) is 38.8 Å². The number of rotatable bonds is 3. The van der Waals surface area contributed by atoms with Crippen LogP contribution in [0.2, 0.25) is 0 Å². The standard InChI is InChI=1S/C13H20F3N5/c14-13(15,16)12-19-18-11-8-20(6-7-21(11)12)5-4-9-2-1-3-10(9)17/h9-10H,1-8,17H2. The fourth-order valence-electron chi connectivity index (χ4n) is 3.38. The van der Waals surface area contributed by atoms with Gasteiger partial charge in [0.25, 0.3) is 0 Å². The van der Waals surface area contributed by atoms with E-state index >= 15 is 0 Å². The first-order valence-corrected chi connectivity index (χ1v) is 7.42. The van der Waals surface area contributed by atoms with Gasteiger partial charge in [-0.05, 0) is 31.7 Å². The van der Waals surface area contributed by atoms with Crippen molar-refractivity contribution in [1.29, 1.82) is 0 Å². The van der Waals surface area contributed by atoms with Crippen molar-refractivity contribution in [3.8, 4) is 0 Å². The molecule has 5 nitrogen and oxygen atoms in total. The van der Waals surface area contributed by atoms with Crippen molar-refractivity contribution in [3.63, 3.8) is 0 Å². The van der Waals surface area contributed by atoms with E-state index in [1.165, 1.54) is 17.4 Å². The molecule has 2 aliphatic rings. The van der Waals surface area contributed by atoms with Crippen LogP contribution in [0.1, 0.15) is 37.3 Å². The van der Waals surface area contributed by atoms with Crippen LogP contribution in [0.4, 0.5) is 13.2 Å². The van der Waals surface area contributed by atoms with Gasteiger partial charge in [-0.15, -0.1) is 10.2 Å². The maximum absolute atomic E-state index is 12.8. The molecule has 0 aromatic carbocycles. The molecule has 2 unspecified atom stereocenters. The average Bonchev–Trinajstić information content (AvgIpc) is 3.01. The van der Waals surface area contributed by atoms with Crippen molar-refractivity contribution < 1.29 is 13.2 Å². The third kappa shape index (κ3) is 3.06. The normalized spacial score (nSPS) is 27.0. The SMILES string of the molecule is NC1CCCC1CCN1CCn2c(nnc2C(F)(F)F)C1. The van der Waals surface area contributed by atoms with Gasteiger partial charge in [0.05, 0.1) is 6.54 Å². The van der Waals surface area contributed by atoms with Gasteiger partial charge in [0.15, 0.2) is 0 Å². The fourth-order valence-corrected chi connectivity index (χ4v) is 3.38. The van der Waals surface area contributed by atoms with Crippen molar-refractivity contribution in [2.24, 2.45) is 11.7 Å². The van der Waals surface area contributed by atoms with Crippen molar-refractivity contribution in [3.05, 3.63) is 11.6 Å². The van der Waals surface area contributed by atoms with Gasteiger partial charge >= 0.3 is 6.18 Å². The second-order valence-corrected chi connectivity index (χ2v) is 6.01. The van der Waals surface area contributed by atoms with Crippen LogP contribution in [0, 0.1) is 5.92 Å². The Morgan fingerprint density at radius 2 is 2.00 bits per heavy atom. The molecule has 21 heavy (non-hydrogen) atoms. The van der Waals surface area contributed by atoms with E-state index in [2.05, 4.69) is 15.1 Å². The van der Waals surface area contributed by atoms with Crippen molar-refractivity contribution in [1.82, 2.24) is 19.7 Å². The van der Waals surface area contributed by atoms with E-state index in [9.17, 15) is 13.2 Å². The molecule has 2 heterocycles. The number of aromatic nitrogens is 3. The lowest BCUT2D eigenvalue weighted by atomic mass is 10.00. The van der Waals surface area contributed by atoms with Crippen LogP contribution >= 0.6 is 0 Å². The summed E-state index contributed by atoms with van der Waals surface area (Å²) in [6.45, 7) is 2.21. The number of halogens is 3. The quantitative estimate of drug-likeness (QED) is 0.922. The number of hydrogen-bond acceptors (Lipinski definition) is 4. The molecule has 3 rings (SSSR count). The molecule has 1 fully saturated rings. The second-order valence-electron chi connectivity index (χ2n) is 6.01. The highest BCUT2D eigenvalue weighted by Crippen LogP contribution is 2.30. The van der Waals surface area contributed by atoms with E-state index in [0.29, 0.717) is 31.4 Å². The summed E-state index contributed by atoms with van der Waals surface area (Å²) in [5.41, 5.74) is 6.05. The number of alkyl halides is 3. The molecule has 8 heteroatoms. The highest BCUT2D eigenvalue weighted by molar-refractivity contribution is 5.02. The number of nitrogens with two attached hydrogens (primary N) is 1. The summed E-state index contributed by atoms with van der Waals surface area (Å²) in [7, 11) is 0. The Kier molecular flexibility index (Phi) is 3.92. The monoisotopic (exact) mass is 303 g/mol. The average molecular weight is 303 g/mol. The lowest BCUT2D eigenvalue weighted by Crippen LogP contribution is -2.37. The summed E-state index contributed by atoms with van der Waals surface area (Å²) in [6, 6.07) is 0.287. The Balaban J connectivity index is 1.59. The molecule has 1 aromatic heterocycles. The predicted molar refractivity (Wildman–Crippen MR) is 70.2 cm³/mol. The molecule has 2 N–H and O–H groups in total. The van der Waals surface area contributed by atoms with Crippen LogP contribution in [0.15, 0.2) is 0 Å². The number of hydrogen-bond donors (Lipinski definition) is 1. The summed E-state index contributed by atoms with van der Waals surface area (Å²) >= 11 is 0. The summed E-state index contributed by atoms with van der Waals surface area (Å²) in [5, 5.41) is 6.99. The van der Waals surface area contributed by atoms with E-state index in [1.54, 1.807) is 0 Å². The largest absolute Gasteiger partial charge is 0.451 e.